The van der Waals surface area contributed by atoms with E-state index in [9.17, 15) is 4.79 Å². The number of furan rings is 1. The average molecular weight is 271 g/mol. The Kier molecular flexibility index (Phi) is 4.30. The summed E-state index contributed by atoms with van der Waals surface area (Å²) in [6.45, 7) is 8.89. The quantitative estimate of drug-likeness (QED) is 0.846. The molecule has 5 heteroatoms. The number of rotatable bonds is 3. The minimum Gasteiger partial charge on any atom is -0.452 e. The van der Waals surface area contributed by atoms with E-state index in [2.05, 4.69) is 18.7 Å². The molecular formula is C13H19ClN2O2. The van der Waals surface area contributed by atoms with Crippen LogP contribution in [0.2, 0.25) is 5.22 Å². The summed E-state index contributed by atoms with van der Waals surface area (Å²) < 4.78 is 4.96. The molecule has 0 aromatic carbocycles. The van der Waals surface area contributed by atoms with Gasteiger partial charge in [0, 0.05) is 32.7 Å². The van der Waals surface area contributed by atoms with Gasteiger partial charge in [-0.15, -0.1) is 0 Å². The maximum absolute atomic E-state index is 12.2. The van der Waals surface area contributed by atoms with E-state index >= 15 is 0 Å². The van der Waals surface area contributed by atoms with Gasteiger partial charge in [0.05, 0.1) is 11.8 Å². The monoisotopic (exact) mass is 270 g/mol. The molecule has 1 aromatic rings. The first-order valence-corrected chi connectivity index (χ1v) is 6.70. The van der Waals surface area contributed by atoms with Gasteiger partial charge in [-0.25, -0.2) is 0 Å². The van der Waals surface area contributed by atoms with Crippen LogP contribution in [0.1, 0.15) is 24.2 Å². The highest BCUT2D eigenvalue weighted by Gasteiger charge is 2.24. The lowest BCUT2D eigenvalue weighted by molar-refractivity contribution is 0.0623. The third-order valence-corrected chi connectivity index (χ3v) is 3.42. The van der Waals surface area contributed by atoms with Crippen molar-refractivity contribution in [2.45, 2.75) is 13.8 Å². The van der Waals surface area contributed by atoms with E-state index in [0.717, 1.165) is 32.7 Å². The molecule has 0 radical (unpaired) electrons. The molecule has 1 amide bonds. The fourth-order valence-corrected chi connectivity index (χ4v) is 2.46. The number of halogens is 1. The summed E-state index contributed by atoms with van der Waals surface area (Å²) in [6.07, 6.45) is 1.45. The molecule has 0 atom stereocenters. The summed E-state index contributed by atoms with van der Waals surface area (Å²) >= 11 is 5.83. The third kappa shape index (κ3) is 3.06. The molecule has 0 unspecified atom stereocenters. The van der Waals surface area contributed by atoms with Crippen LogP contribution in [-0.4, -0.2) is 48.4 Å². The molecule has 0 aliphatic carbocycles. The zero-order valence-electron chi connectivity index (χ0n) is 10.9. The van der Waals surface area contributed by atoms with Crippen molar-refractivity contribution < 1.29 is 9.21 Å². The Hall–Kier alpha value is -1.00. The van der Waals surface area contributed by atoms with Crippen LogP contribution in [-0.2, 0) is 0 Å². The van der Waals surface area contributed by atoms with Gasteiger partial charge in [-0.2, -0.15) is 0 Å². The van der Waals surface area contributed by atoms with E-state index in [1.165, 1.54) is 6.26 Å². The van der Waals surface area contributed by atoms with Gasteiger partial charge in [0.25, 0.3) is 5.91 Å². The van der Waals surface area contributed by atoms with Crippen LogP contribution in [0.5, 0.6) is 0 Å². The molecular weight excluding hydrogens is 252 g/mol. The van der Waals surface area contributed by atoms with E-state index in [0.29, 0.717) is 11.5 Å². The lowest BCUT2D eigenvalue weighted by Crippen LogP contribution is -2.49. The second-order valence-electron chi connectivity index (χ2n) is 5.09. The van der Waals surface area contributed by atoms with Gasteiger partial charge in [0.1, 0.15) is 0 Å². The van der Waals surface area contributed by atoms with Crippen molar-refractivity contribution in [3.05, 3.63) is 23.1 Å². The van der Waals surface area contributed by atoms with E-state index in [4.69, 9.17) is 16.0 Å². The second kappa shape index (κ2) is 5.76. The van der Waals surface area contributed by atoms with Gasteiger partial charge in [-0.1, -0.05) is 13.8 Å². The number of carbonyl (C=O) groups excluding carboxylic acids is 1. The Morgan fingerprint density at radius 2 is 2.06 bits per heavy atom. The lowest BCUT2D eigenvalue weighted by Gasteiger charge is -2.35. The standard InChI is InChI=1S/C13H19ClN2O2/c1-10(2)9-15-4-6-16(7-5-15)13(17)11-3-8-18-12(11)14/h3,8,10H,4-7,9H2,1-2H3. The highest BCUT2D eigenvalue weighted by Crippen LogP contribution is 2.19. The highest BCUT2D eigenvalue weighted by molar-refractivity contribution is 6.32. The van der Waals surface area contributed by atoms with Gasteiger partial charge in [0.15, 0.2) is 0 Å². The Morgan fingerprint density at radius 1 is 1.39 bits per heavy atom. The van der Waals surface area contributed by atoms with E-state index in [1.807, 2.05) is 4.90 Å². The number of hydrogen-bond acceptors (Lipinski definition) is 3. The molecule has 0 N–H and O–H groups in total. The predicted molar refractivity (Wildman–Crippen MR) is 70.9 cm³/mol. The van der Waals surface area contributed by atoms with Crippen molar-refractivity contribution in [2.75, 3.05) is 32.7 Å². The van der Waals surface area contributed by atoms with Crippen molar-refractivity contribution in [3.8, 4) is 0 Å². The van der Waals surface area contributed by atoms with Crippen LogP contribution >= 0.6 is 11.6 Å². The van der Waals surface area contributed by atoms with Gasteiger partial charge < -0.3 is 9.32 Å². The maximum Gasteiger partial charge on any atom is 0.258 e. The summed E-state index contributed by atoms with van der Waals surface area (Å²) in [5.41, 5.74) is 0.467. The molecule has 1 saturated heterocycles. The molecule has 0 saturated carbocycles. The second-order valence-corrected chi connectivity index (χ2v) is 5.44. The Bertz CT molecular complexity index is 409. The molecule has 1 aliphatic heterocycles. The van der Waals surface area contributed by atoms with Crippen molar-refractivity contribution in [1.82, 2.24) is 9.80 Å². The molecule has 0 spiro atoms. The van der Waals surface area contributed by atoms with Crippen LogP contribution in [0.4, 0.5) is 0 Å². The van der Waals surface area contributed by atoms with Crippen molar-refractivity contribution in [1.29, 1.82) is 0 Å². The highest BCUT2D eigenvalue weighted by atomic mass is 35.5. The number of piperazine rings is 1. The van der Waals surface area contributed by atoms with Crippen LogP contribution in [0, 0.1) is 5.92 Å². The summed E-state index contributed by atoms with van der Waals surface area (Å²) in [5, 5.41) is 0.185. The number of nitrogens with zero attached hydrogens (tertiary/aromatic N) is 2. The molecule has 4 nitrogen and oxygen atoms in total. The molecule has 1 fully saturated rings. The van der Waals surface area contributed by atoms with Gasteiger partial charge >= 0.3 is 0 Å². The lowest BCUT2D eigenvalue weighted by atomic mass is 10.2. The van der Waals surface area contributed by atoms with Gasteiger partial charge in [-0.05, 0) is 23.6 Å². The summed E-state index contributed by atoms with van der Waals surface area (Å²) in [6, 6.07) is 1.63. The summed E-state index contributed by atoms with van der Waals surface area (Å²) in [5.74, 6) is 0.633. The zero-order chi connectivity index (χ0) is 13.1. The zero-order valence-corrected chi connectivity index (χ0v) is 11.6. The Balaban J connectivity index is 1.90. The van der Waals surface area contributed by atoms with Gasteiger partial charge in [-0.3, -0.25) is 9.69 Å². The third-order valence-electron chi connectivity index (χ3n) is 3.13. The molecule has 2 rings (SSSR count). The molecule has 100 valence electrons. The molecule has 18 heavy (non-hydrogen) atoms. The number of carbonyl (C=O) groups is 1. The first kappa shape index (κ1) is 13.4. The largest absolute Gasteiger partial charge is 0.452 e. The van der Waals surface area contributed by atoms with Crippen molar-refractivity contribution in [2.24, 2.45) is 5.92 Å². The van der Waals surface area contributed by atoms with Crippen molar-refractivity contribution >= 4 is 17.5 Å². The summed E-state index contributed by atoms with van der Waals surface area (Å²) in [4.78, 5) is 16.4. The molecule has 1 aliphatic rings. The maximum atomic E-state index is 12.2. The SMILES string of the molecule is CC(C)CN1CCN(C(=O)c2ccoc2Cl)CC1. The topological polar surface area (TPSA) is 36.7 Å². The first-order chi connectivity index (χ1) is 8.58. The summed E-state index contributed by atoms with van der Waals surface area (Å²) in [7, 11) is 0. The first-order valence-electron chi connectivity index (χ1n) is 6.32. The number of amides is 1. The van der Waals surface area contributed by atoms with E-state index < -0.39 is 0 Å². The minimum atomic E-state index is -0.0297. The molecule has 2 heterocycles. The Morgan fingerprint density at radius 3 is 2.56 bits per heavy atom. The fourth-order valence-electron chi connectivity index (χ4n) is 2.27. The smallest absolute Gasteiger partial charge is 0.258 e. The van der Waals surface area contributed by atoms with E-state index in [-0.39, 0.29) is 11.1 Å². The van der Waals surface area contributed by atoms with Crippen LogP contribution in [0.3, 0.4) is 0 Å². The minimum absolute atomic E-state index is 0.0297. The van der Waals surface area contributed by atoms with Crippen LogP contribution < -0.4 is 0 Å². The predicted octanol–water partition coefficient (Wildman–Crippen LogP) is 2.35. The average Bonchev–Trinajstić information content (AvgIpc) is 2.75. The fraction of sp³-hybridized carbons (Fsp3) is 0.615. The van der Waals surface area contributed by atoms with Crippen molar-refractivity contribution in [3.63, 3.8) is 0 Å². The molecule has 1 aromatic heterocycles. The molecule has 0 bridgehead atoms. The van der Waals surface area contributed by atoms with E-state index in [1.54, 1.807) is 6.07 Å². The Labute approximate surface area is 112 Å². The van der Waals surface area contributed by atoms with Crippen LogP contribution in [0.15, 0.2) is 16.7 Å². The van der Waals surface area contributed by atoms with Crippen LogP contribution in [0.25, 0.3) is 0 Å². The number of hydrogen-bond donors (Lipinski definition) is 0. The van der Waals surface area contributed by atoms with Gasteiger partial charge in [0.2, 0.25) is 5.22 Å². The normalized spacial score (nSPS) is 17.4.